The van der Waals surface area contributed by atoms with Gasteiger partial charge in [-0.15, -0.1) is 0 Å². The van der Waals surface area contributed by atoms with Crippen LogP contribution in [0.1, 0.15) is 12.2 Å². The Morgan fingerprint density at radius 2 is 2.08 bits per heavy atom. The van der Waals surface area contributed by atoms with Crippen LogP contribution in [-0.4, -0.2) is 9.97 Å². The van der Waals surface area contributed by atoms with Crippen LogP contribution in [0.4, 0.5) is 0 Å². The molecule has 1 aromatic heterocycles. The van der Waals surface area contributed by atoms with Crippen LogP contribution in [0.25, 0.3) is 0 Å². The van der Waals surface area contributed by atoms with Crippen LogP contribution in [0.3, 0.4) is 0 Å². The van der Waals surface area contributed by atoms with Crippen LogP contribution in [0.5, 0.6) is 0 Å². The lowest BCUT2D eigenvalue weighted by atomic mass is 10.4. The van der Waals surface area contributed by atoms with Gasteiger partial charge in [0, 0.05) is 0 Å². The van der Waals surface area contributed by atoms with Crippen molar-refractivity contribution < 1.29 is 0 Å². The number of hydrogen-bond acceptors (Lipinski definition) is 3. The third-order valence-electron chi connectivity index (χ3n) is 0.988. The molecule has 0 fully saturated rings. The van der Waals surface area contributed by atoms with E-state index < -0.39 is 0 Å². The molecule has 58 valence electrons. The van der Waals surface area contributed by atoms with Crippen LogP contribution in [0, 0.1) is 23.2 Å². The van der Waals surface area contributed by atoms with E-state index in [1.54, 1.807) is 0 Å². The lowest BCUT2D eigenvalue weighted by molar-refractivity contribution is 1.13. The van der Waals surface area contributed by atoms with Crippen molar-refractivity contribution in [3.05, 3.63) is 23.2 Å². The van der Waals surface area contributed by atoms with Gasteiger partial charge in [0.15, 0.2) is 0 Å². The minimum Gasteiger partial charge on any atom is -0.228 e. The van der Waals surface area contributed by atoms with Crippen molar-refractivity contribution >= 4 is 11.6 Å². The molecule has 0 unspecified atom stereocenters. The summed E-state index contributed by atoms with van der Waals surface area (Å²) in [6.07, 6.45) is 3.11. The van der Waals surface area contributed by atoms with Crippen molar-refractivity contribution in [1.29, 1.82) is 5.26 Å². The van der Waals surface area contributed by atoms with Gasteiger partial charge in [0.2, 0.25) is 5.82 Å². The molecule has 0 aliphatic rings. The van der Waals surface area contributed by atoms with Crippen molar-refractivity contribution in [1.82, 2.24) is 9.97 Å². The Hall–Kier alpha value is -1.58. The van der Waals surface area contributed by atoms with Crippen LogP contribution < -0.4 is 0 Å². The minimum atomic E-state index is 0.186. The van der Waals surface area contributed by atoms with E-state index in [9.17, 15) is 0 Å². The molecular formula is C8H4ClN3. The van der Waals surface area contributed by atoms with Crippen molar-refractivity contribution in [3.63, 3.8) is 0 Å². The van der Waals surface area contributed by atoms with Crippen molar-refractivity contribution in [2.24, 2.45) is 0 Å². The molecule has 3 nitrogen and oxygen atoms in total. The van der Waals surface area contributed by atoms with Gasteiger partial charge in [-0.25, -0.2) is 9.97 Å². The van der Waals surface area contributed by atoms with E-state index in [0.717, 1.165) is 0 Å². The maximum atomic E-state index is 8.17. The molecule has 0 saturated carbocycles. The van der Waals surface area contributed by atoms with Crippen LogP contribution >= 0.6 is 11.6 Å². The predicted octanol–water partition coefficient (Wildman–Crippen LogP) is 1.40. The Labute approximate surface area is 75.0 Å². The zero-order chi connectivity index (χ0) is 8.81. The average molecular weight is 178 g/mol. The summed E-state index contributed by atoms with van der Waals surface area (Å²) in [4.78, 5) is 7.65. The highest BCUT2D eigenvalue weighted by molar-refractivity contribution is 6.30. The first-order valence-electron chi connectivity index (χ1n) is 3.16. The van der Waals surface area contributed by atoms with Gasteiger partial charge in [-0.2, -0.15) is 5.26 Å². The summed E-state index contributed by atoms with van der Waals surface area (Å²) >= 11 is 5.55. The van der Waals surface area contributed by atoms with Gasteiger partial charge >= 0.3 is 0 Å². The molecule has 0 amide bonds. The SMILES string of the molecule is N#CCC#Cc1ncc(Cl)cn1. The van der Waals surface area contributed by atoms with Crippen LogP contribution in [0.2, 0.25) is 5.02 Å². The van der Waals surface area contributed by atoms with Gasteiger partial charge in [0.1, 0.15) is 0 Å². The van der Waals surface area contributed by atoms with Crippen molar-refractivity contribution in [2.75, 3.05) is 0 Å². The first-order chi connectivity index (χ1) is 5.83. The Balaban J connectivity index is 2.74. The highest BCUT2D eigenvalue weighted by atomic mass is 35.5. The largest absolute Gasteiger partial charge is 0.228 e. The van der Waals surface area contributed by atoms with Crippen LogP contribution in [0.15, 0.2) is 12.4 Å². The molecule has 1 rings (SSSR count). The van der Waals surface area contributed by atoms with Gasteiger partial charge in [0.25, 0.3) is 0 Å². The molecule has 0 radical (unpaired) electrons. The molecule has 0 bridgehead atoms. The van der Waals surface area contributed by atoms with Crippen LogP contribution in [-0.2, 0) is 0 Å². The highest BCUT2D eigenvalue weighted by Crippen LogP contribution is 2.01. The summed E-state index contributed by atoms with van der Waals surface area (Å²) in [6.45, 7) is 0. The first kappa shape index (κ1) is 8.52. The maximum Gasteiger partial charge on any atom is 0.204 e. The monoisotopic (exact) mass is 177 g/mol. The number of rotatable bonds is 0. The van der Waals surface area contributed by atoms with Gasteiger partial charge in [-0.05, 0) is 5.92 Å². The lowest BCUT2D eigenvalue weighted by Crippen LogP contribution is -1.85. The fraction of sp³-hybridized carbons (Fsp3) is 0.125. The smallest absolute Gasteiger partial charge is 0.204 e. The zero-order valence-corrected chi connectivity index (χ0v) is 6.84. The molecule has 0 N–H and O–H groups in total. The summed E-state index contributed by atoms with van der Waals surface area (Å²) in [7, 11) is 0. The second-order valence-electron chi connectivity index (χ2n) is 1.86. The summed E-state index contributed by atoms with van der Waals surface area (Å²) in [5, 5.41) is 8.65. The standard InChI is InChI=1S/C8H4ClN3/c9-7-5-11-8(12-6-7)3-1-2-4-10/h5-6H,2H2. The number of nitriles is 1. The number of aromatic nitrogens is 2. The second kappa shape index (κ2) is 4.33. The summed E-state index contributed by atoms with van der Waals surface area (Å²) < 4.78 is 0. The van der Waals surface area contributed by atoms with Gasteiger partial charge in [0.05, 0.1) is 29.9 Å². The van der Waals surface area contributed by atoms with Crippen molar-refractivity contribution in [2.45, 2.75) is 6.42 Å². The predicted molar refractivity (Wildman–Crippen MR) is 44.2 cm³/mol. The molecule has 0 atom stereocenters. The van der Waals surface area contributed by atoms with E-state index >= 15 is 0 Å². The van der Waals surface area contributed by atoms with E-state index in [4.69, 9.17) is 16.9 Å². The van der Waals surface area contributed by atoms with E-state index in [1.807, 2.05) is 6.07 Å². The van der Waals surface area contributed by atoms with E-state index in [1.165, 1.54) is 12.4 Å². The first-order valence-corrected chi connectivity index (χ1v) is 3.54. The van der Waals surface area contributed by atoms with E-state index in [2.05, 4.69) is 21.8 Å². The topological polar surface area (TPSA) is 49.6 Å². The zero-order valence-electron chi connectivity index (χ0n) is 6.08. The molecule has 0 aliphatic heterocycles. The second-order valence-corrected chi connectivity index (χ2v) is 2.30. The fourth-order valence-electron chi connectivity index (χ4n) is 0.540. The number of halogens is 1. The maximum absolute atomic E-state index is 8.17. The normalized spacial score (nSPS) is 8.00. The summed E-state index contributed by atoms with van der Waals surface area (Å²) in [5.41, 5.74) is 0. The molecule has 1 aromatic rings. The van der Waals surface area contributed by atoms with Gasteiger partial charge in [-0.3, -0.25) is 0 Å². The van der Waals surface area contributed by atoms with Gasteiger partial charge in [-0.1, -0.05) is 17.5 Å². The summed E-state index contributed by atoms with van der Waals surface area (Å²) in [5.74, 6) is 5.59. The molecule has 0 spiro atoms. The minimum absolute atomic E-state index is 0.186. The van der Waals surface area contributed by atoms with E-state index in [-0.39, 0.29) is 6.42 Å². The number of nitrogens with zero attached hydrogens (tertiary/aromatic N) is 3. The highest BCUT2D eigenvalue weighted by Gasteiger charge is 1.89. The van der Waals surface area contributed by atoms with E-state index in [0.29, 0.717) is 10.8 Å². The summed E-state index contributed by atoms with van der Waals surface area (Å²) in [6, 6.07) is 1.89. The Bertz CT molecular complexity index is 353. The average Bonchev–Trinajstić information content (AvgIpc) is 2.09. The third-order valence-corrected chi connectivity index (χ3v) is 1.18. The van der Waals surface area contributed by atoms with Crippen molar-refractivity contribution in [3.8, 4) is 17.9 Å². The molecule has 0 saturated heterocycles. The Kier molecular flexibility index (Phi) is 3.07. The molecule has 4 heteroatoms. The molecule has 12 heavy (non-hydrogen) atoms. The number of hydrogen-bond donors (Lipinski definition) is 0. The molecule has 1 heterocycles. The fourth-order valence-corrected chi connectivity index (χ4v) is 0.637. The van der Waals surface area contributed by atoms with Gasteiger partial charge < -0.3 is 0 Å². The molecule has 0 aromatic carbocycles. The third kappa shape index (κ3) is 2.57. The lowest BCUT2D eigenvalue weighted by Gasteiger charge is -1.87. The Morgan fingerprint density at radius 1 is 1.42 bits per heavy atom. The Morgan fingerprint density at radius 3 is 2.67 bits per heavy atom. The quantitative estimate of drug-likeness (QED) is 0.563. The molecule has 0 aliphatic carbocycles. The molecular weight excluding hydrogens is 174 g/mol.